The monoisotopic (exact) mass is 466 g/mol. The molecule has 0 bridgehead atoms. The first-order valence-electron chi connectivity index (χ1n) is 10.5. The van der Waals surface area contributed by atoms with Crippen LogP contribution in [0.1, 0.15) is 17.3 Å². The van der Waals surface area contributed by atoms with Gasteiger partial charge < -0.3 is 14.4 Å². The molecular formula is C25H26N2O5S. The molecule has 0 saturated heterocycles. The molecular weight excluding hydrogens is 440 g/mol. The summed E-state index contributed by atoms with van der Waals surface area (Å²) in [7, 11) is 0.671. The zero-order chi connectivity index (χ0) is 23.8. The molecule has 0 N–H and O–H groups in total. The van der Waals surface area contributed by atoms with Crippen LogP contribution in [0.25, 0.3) is 11.1 Å². The highest BCUT2D eigenvalue weighted by Crippen LogP contribution is 2.43. The number of likely N-dealkylation sites (N-methyl/N-ethyl adjacent to an activating group) is 1. The number of ether oxygens (including phenoxy) is 2. The fraction of sp³-hybridized carbons (Fsp3) is 0.240. The first-order chi connectivity index (χ1) is 15.8. The molecule has 7 nitrogen and oxygen atoms in total. The Morgan fingerprint density at radius 1 is 1.00 bits per heavy atom. The summed E-state index contributed by atoms with van der Waals surface area (Å²) in [6, 6.07) is 19.6. The lowest BCUT2D eigenvalue weighted by Crippen LogP contribution is -2.38. The summed E-state index contributed by atoms with van der Waals surface area (Å²) in [5, 5.41) is 0. The van der Waals surface area contributed by atoms with Crippen molar-refractivity contribution >= 4 is 27.4 Å². The van der Waals surface area contributed by atoms with Crippen LogP contribution < -0.4 is 9.64 Å². The molecule has 1 aliphatic heterocycles. The fourth-order valence-electron chi connectivity index (χ4n) is 4.01. The predicted molar refractivity (Wildman–Crippen MR) is 128 cm³/mol. The van der Waals surface area contributed by atoms with Crippen LogP contribution in [0.5, 0.6) is 5.75 Å². The van der Waals surface area contributed by atoms with Gasteiger partial charge in [-0.3, -0.25) is 0 Å². The second-order valence-electron chi connectivity index (χ2n) is 7.91. The Kier molecular flexibility index (Phi) is 6.14. The maximum Gasteiger partial charge on any atom is 0.337 e. The minimum atomic E-state index is -3.79. The molecule has 172 valence electrons. The van der Waals surface area contributed by atoms with Crippen molar-refractivity contribution in [2.45, 2.75) is 17.9 Å². The third kappa shape index (κ3) is 4.07. The van der Waals surface area contributed by atoms with Crippen molar-refractivity contribution in [2.24, 2.45) is 0 Å². The van der Waals surface area contributed by atoms with E-state index in [0.717, 1.165) is 5.69 Å². The molecule has 4 rings (SSSR count). The highest BCUT2D eigenvalue weighted by molar-refractivity contribution is 7.89. The van der Waals surface area contributed by atoms with Crippen molar-refractivity contribution in [2.75, 3.05) is 32.7 Å². The van der Waals surface area contributed by atoms with Gasteiger partial charge in [-0.05, 0) is 42.8 Å². The summed E-state index contributed by atoms with van der Waals surface area (Å²) in [5.41, 5.74) is 3.02. The molecule has 0 radical (unpaired) electrons. The lowest BCUT2D eigenvalue weighted by Gasteiger charge is -2.27. The molecule has 33 heavy (non-hydrogen) atoms. The highest BCUT2D eigenvalue weighted by Gasteiger charge is 2.36. The van der Waals surface area contributed by atoms with E-state index in [1.165, 1.54) is 11.4 Å². The number of methoxy groups -OCH3 is 2. The number of hydrogen-bond donors (Lipinski definition) is 0. The van der Waals surface area contributed by atoms with Crippen LogP contribution in [0, 0.1) is 0 Å². The third-order valence-corrected chi connectivity index (χ3v) is 7.96. The maximum absolute atomic E-state index is 13.6. The molecule has 0 saturated carbocycles. The third-order valence-electron chi connectivity index (χ3n) is 5.96. The topological polar surface area (TPSA) is 76.2 Å². The molecule has 0 fully saturated rings. The van der Waals surface area contributed by atoms with Crippen molar-refractivity contribution < 1.29 is 22.7 Å². The van der Waals surface area contributed by atoms with Crippen molar-refractivity contribution in [3.8, 4) is 16.9 Å². The second kappa shape index (κ2) is 8.88. The fourth-order valence-corrected chi connectivity index (χ4v) is 5.57. The summed E-state index contributed by atoms with van der Waals surface area (Å²) >= 11 is 0. The Bertz CT molecular complexity index is 1290. The standard InChI is InChI=1S/C25H26N2O5S/c1-17-16-27(20-11-6-5-7-12-20)22-15-23(31-3)21(14-24(22)33(29,30)26(17)2)18-9-8-10-19(13-18)25(28)32-4/h5-15,17H,16H2,1-4H3. The number of sulfonamides is 1. The normalized spacial score (nSPS) is 17.7. The van der Waals surface area contributed by atoms with E-state index in [4.69, 9.17) is 9.47 Å². The molecule has 3 aromatic carbocycles. The van der Waals surface area contributed by atoms with Crippen LogP contribution >= 0.6 is 0 Å². The molecule has 1 unspecified atom stereocenters. The first kappa shape index (κ1) is 22.8. The molecule has 0 spiro atoms. The van der Waals surface area contributed by atoms with Gasteiger partial charge in [0.1, 0.15) is 10.6 Å². The van der Waals surface area contributed by atoms with E-state index in [9.17, 15) is 13.2 Å². The van der Waals surface area contributed by atoms with E-state index >= 15 is 0 Å². The number of anilines is 2. The molecule has 8 heteroatoms. The quantitative estimate of drug-likeness (QED) is 0.534. The number of carbonyl (C=O) groups excluding carboxylic acids is 1. The Morgan fingerprint density at radius 3 is 2.39 bits per heavy atom. The van der Waals surface area contributed by atoms with Crippen LogP contribution in [0.2, 0.25) is 0 Å². The summed E-state index contributed by atoms with van der Waals surface area (Å²) in [5.74, 6) is 0.0334. The summed E-state index contributed by atoms with van der Waals surface area (Å²) < 4.78 is 39.1. The van der Waals surface area contributed by atoms with E-state index in [0.29, 0.717) is 34.7 Å². The van der Waals surface area contributed by atoms with Gasteiger partial charge >= 0.3 is 5.97 Å². The van der Waals surface area contributed by atoms with E-state index in [1.807, 2.05) is 42.2 Å². The Labute approximate surface area is 194 Å². The lowest BCUT2D eigenvalue weighted by molar-refractivity contribution is 0.0600. The minimum absolute atomic E-state index is 0.178. The van der Waals surface area contributed by atoms with Crippen LogP contribution in [0.4, 0.5) is 11.4 Å². The van der Waals surface area contributed by atoms with E-state index in [1.54, 1.807) is 50.6 Å². The summed E-state index contributed by atoms with van der Waals surface area (Å²) in [6.07, 6.45) is 0. The van der Waals surface area contributed by atoms with Gasteiger partial charge in [-0.2, -0.15) is 4.31 Å². The first-order valence-corrected chi connectivity index (χ1v) is 11.9. The number of carbonyl (C=O) groups is 1. The average molecular weight is 467 g/mol. The number of rotatable bonds is 4. The zero-order valence-corrected chi connectivity index (χ0v) is 19.8. The van der Waals surface area contributed by atoms with Gasteiger partial charge in [0.05, 0.1) is 25.5 Å². The SMILES string of the molecule is COC(=O)c1cccc(-c2cc3c(cc2OC)N(c2ccccc2)CC(C)N(C)S3(=O)=O)c1. The number of benzene rings is 3. The second-order valence-corrected chi connectivity index (χ2v) is 9.87. The van der Waals surface area contributed by atoms with Gasteiger partial charge in [0, 0.05) is 37.0 Å². The van der Waals surface area contributed by atoms with Gasteiger partial charge in [0.15, 0.2) is 0 Å². The molecule has 0 aliphatic carbocycles. The van der Waals surface area contributed by atoms with Crippen LogP contribution in [0.15, 0.2) is 71.6 Å². The Hall–Kier alpha value is -3.36. The number of fused-ring (bicyclic) bond motifs is 1. The van der Waals surface area contributed by atoms with E-state index in [2.05, 4.69) is 0 Å². The van der Waals surface area contributed by atoms with Gasteiger partial charge in [0.25, 0.3) is 0 Å². The number of hydrogen-bond acceptors (Lipinski definition) is 6. The summed E-state index contributed by atoms with van der Waals surface area (Å²) in [6.45, 7) is 2.37. The Morgan fingerprint density at radius 2 is 1.73 bits per heavy atom. The zero-order valence-electron chi connectivity index (χ0n) is 19.0. The molecule has 3 aromatic rings. The molecule has 0 amide bonds. The number of esters is 1. The summed E-state index contributed by atoms with van der Waals surface area (Å²) in [4.78, 5) is 14.2. The number of para-hydroxylation sites is 1. The molecule has 1 aliphatic rings. The van der Waals surface area contributed by atoms with E-state index < -0.39 is 16.0 Å². The maximum atomic E-state index is 13.6. The van der Waals surface area contributed by atoms with E-state index in [-0.39, 0.29) is 10.9 Å². The van der Waals surface area contributed by atoms with Gasteiger partial charge in [-0.15, -0.1) is 0 Å². The average Bonchev–Trinajstić information content (AvgIpc) is 2.92. The van der Waals surface area contributed by atoms with Crippen LogP contribution in [-0.2, 0) is 14.8 Å². The van der Waals surface area contributed by atoms with Gasteiger partial charge in [-0.1, -0.05) is 30.3 Å². The van der Waals surface area contributed by atoms with Crippen LogP contribution in [-0.4, -0.2) is 52.5 Å². The predicted octanol–water partition coefficient (Wildman–Crippen LogP) is 4.31. The van der Waals surface area contributed by atoms with Crippen molar-refractivity contribution in [1.29, 1.82) is 0 Å². The largest absolute Gasteiger partial charge is 0.496 e. The minimum Gasteiger partial charge on any atom is -0.496 e. The Balaban J connectivity index is 1.98. The molecule has 1 heterocycles. The lowest BCUT2D eigenvalue weighted by atomic mass is 10.0. The highest BCUT2D eigenvalue weighted by atomic mass is 32.2. The molecule has 1 atom stereocenters. The van der Waals surface area contributed by atoms with Crippen molar-refractivity contribution in [1.82, 2.24) is 4.31 Å². The van der Waals surface area contributed by atoms with Gasteiger partial charge in [-0.25, -0.2) is 13.2 Å². The van der Waals surface area contributed by atoms with Crippen LogP contribution in [0.3, 0.4) is 0 Å². The van der Waals surface area contributed by atoms with Crippen molar-refractivity contribution in [3.05, 3.63) is 72.3 Å². The molecule has 0 aromatic heterocycles. The van der Waals surface area contributed by atoms with Gasteiger partial charge in [0.2, 0.25) is 10.0 Å². The smallest absolute Gasteiger partial charge is 0.337 e. The number of nitrogens with zero attached hydrogens (tertiary/aromatic N) is 2. The van der Waals surface area contributed by atoms with Crippen molar-refractivity contribution in [3.63, 3.8) is 0 Å².